The number of nitrogens with one attached hydrogen (secondary N) is 1. The van der Waals surface area contributed by atoms with Crippen LogP contribution >= 0.6 is 27.3 Å². The van der Waals surface area contributed by atoms with Gasteiger partial charge in [0, 0.05) is 10.6 Å². The number of rotatable bonds is 3. The van der Waals surface area contributed by atoms with Crippen molar-refractivity contribution in [3.63, 3.8) is 0 Å². The molecule has 2 rings (SSSR count). The highest BCUT2D eigenvalue weighted by molar-refractivity contribution is 9.11. The van der Waals surface area contributed by atoms with Crippen LogP contribution in [0.5, 0.6) is 0 Å². The molecule has 7 heteroatoms. The van der Waals surface area contributed by atoms with Gasteiger partial charge in [-0.05, 0) is 53.2 Å². The maximum Gasteiger partial charge on any atom is 0.418 e. The van der Waals surface area contributed by atoms with E-state index in [1.165, 1.54) is 23.5 Å². The lowest BCUT2D eigenvalue weighted by molar-refractivity contribution is -0.137. The van der Waals surface area contributed by atoms with Gasteiger partial charge in [0.25, 0.3) is 0 Å². The second-order valence-electron chi connectivity index (χ2n) is 4.38. The summed E-state index contributed by atoms with van der Waals surface area (Å²) in [6.45, 7) is 1.79. The van der Waals surface area contributed by atoms with Crippen molar-refractivity contribution in [2.45, 2.75) is 19.1 Å². The summed E-state index contributed by atoms with van der Waals surface area (Å²) in [5.41, 5.74) is -0.873. The molecule has 0 amide bonds. The van der Waals surface area contributed by atoms with Crippen LogP contribution in [0.15, 0.2) is 34.1 Å². The fourth-order valence-corrected chi connectivity index (χ4v) is 3.27. The molecule has 21 heavy (non-hydrogen) atoms. The third kappa shape index (κ3) is 3.77. The van der Waals surface area contributed by atoms with Crippen molar-refractivity contribution < 1.29 is 13.2 Å². The number of halogens is 4. The van der Waals surface area contributed by atoms with E-state index >= 15 is 0 Å². The molecule has 0 radical (unpaired) electrons. The number of anilines is 1. The van der Waals surface area contributed by atoms with E-state index in [9.17, 15) is 13.2 Å². The van der Waals surface area contributed by atoms with Gasteiger partial charge in [-0.3, -0.25) is 0 Å². The van der Waals surface area contributed by atoms with Gasteiger partial charge in [-0.15, -0.1) is 11.3 Å². The number of hydrogen-bond donors (Lipinski definition) is 1. The van der Waals surface area contributed by atoms with E-state index in [2.05, 4.69) is 21.2 Å². The first-order valence-electron chi connectivity index (χ1n) is 5.94. The summed E-state index contributed by atoms with van der Waals surface area (Å²) in [6.07, 6.45) is -4.51. The first-order chi connectivity index (χ1) is 9.81. The minimum absolute atomic E-state index is 0.0144. The molecule has 0 aliphatic rings. The summed E-state index contributed by atoms with van der Waals surface area (Å²) in [4.78, 5) is 0.916. The molecule has 110 valence electrons. The lowest BCUT2D eigenvalue weighted by Gasteiger charge is -2.18. The van der Waals surface area contributed by atoms with Crippen LogP contribution in [0.3, 0.4) is 0 Å². The van der Waals surface area contributed by atoms with Crippen LogP contribution < -0.4 is 5.32 Å². The number of alkyl halides is 3. The molecule has 0 aliphatic carbocycles. The smallest absolute Gasteiger partial charge is 0.377 e. The van der Waals surface area contributed by atoms with E-state index < -0.39 is 11.7 Å². The zero-order valence-electron chi connectivity index (χ0n) is 10.8. The van der Waals surface area contributed by atoms with E-state index in [0.717, 1.165) is 14.7 Å². The highest BCUT2D eigenvalue weighted by atomic mass is 79.9. The maximum absolute atomic E-state index is 13.1. The monoisotopic (exact) mass is 374 g/mol. The van der Waals surface area contributed by atoms with E-state index in [0.29, 0.717) is 0 Å². The quantitative estimate of drug-likeness (QED) is 0.761. The van der Waals surface area contributed by atoms with Crippen LogP contribution in [0.25, 0.3) is 0 Å². The molecule has 0 aliphatic heterocycles. The Kier molecular flexibility index (Phi) is 4.59. The van der Waals surface area contributed by atoms with Gasteiger partial charge in [0.1, 0.15) is 0 Å². The summed E-state index contributed by atoms with van der Waals surface area (Å²) in [7, 11) is 0. The van der Waals surface area contributed by atoms with Gasteiger partial charge < -0.3 is 5.32 Å². The fourth-order valence-electron chi connectivity index (χ4n) is 1.84. The van der Waals surface area contributed by atoms with Gasteiger partial charge in [-0.2, -0.15) is 18.4 Å². The Morgan fingerprint density at radius 2 is 2.00 bits per heavy atom. The third-order valence-corrected chi connectivity index (χ3v) is 4.65. The Balaban J connectivity index is 2.33. The summed E-state index contributed by atoms with van der Waals surface area (Å²) in [6, 6.07) is 8.68. The lowest BCUT2D eigenvalue weighted by Crippen LogP contribution is -2.13. The largest absolute Gasteiger partial charge is 0.418 e. The zero-order valence-corrected chi connectivity index (χ0v) is 13.2. The Labute approximate surface area is 132 Å². The van der Waals surface area contributed by atoms with Crippen molar-refractivity contribution in [1.82, 2.24) is 0 Å². The Hall–Kier alpha value is -1.52. The molecule has 1 atom stereocenters. The minimum Gasteiger partial charge on any atom is -0.377 e. The van der Waals surface area contributed by atoms with Gasteiger partial charge in [0.05, 0.1) is 27.0 Å². The SMILES string of the molecule is CC(Nc1ccc(C#N)cc1C(F)(F)F)c1ccc(Br)s1. The van der Waals surface area contributed by atoms with Gasteiger partial charge in [0.15, 0.2) is 0 Å². The molecule has 1 aromatic carbocycles. The molecule has 2 aromatic rings. The summed E-state index contributed by atoms with van der Waals surface area (Å²) in [5.74, 6) is 0. The van der Waals surface area contributed by atoms with Crippen LogP contribution in [0.4, 0.5) is 18.9 Å². The molecule has 1 heterocycles. The van der Waals surface area contributed by atoms with Crippen molar-refractivity contribution in [1.29, 1.82) is 5.26 Å². The van der Waals surface area contributed by atoms with E-state index in [1.807, 2.05) is 12.1 Å². The molecule has 2 nitrogen and oxygen atoms in total. The summed E-state index contributed by atoms with van der Waals surface area (Å²) >= 11 is 4.78. The predicted molar refractivity (Wildman–Crippen MR) is 80.2 cm³/mol. The average molecular weight is 375 g/mol. The highest BCUT2D eigenvalue weighted by Gasteiger charge is 2.34. The number of thiophene rings is 1. The molecule has 0 saturated carbocycles. The Morgan fingerprint density at radius 1 is 1.29 bits per heavy atom. The minimum atomic E-state index is -4.51. The molecular formula is C14H10BrF3N2S. The van der Waals surface area contributed by atoms with Gasteiger partial charge in [0.2, 0.25) is 0 Å². The number of hydrogen-bond acceptors (Lipinski definition) is 3. The van der Waals surface area contributed by atoms with Crippen LogP contribution in [-0.4, -0.2) is 0 Å². The first-order valence-corrected chi connectivity index (χ1v) is 7.55. The Morgan fingerprint density at radius 3 is 2.52 bits per heavy atom. The van der Waals surface area contributed by atoms with Gasteiger partial charge in [-0.1, -0.05) is 0 Å². The van der Waals surface area contributed by atoms with Crippen molar-refractivity contribution in [2.75, 3.05) is 5.32 Å². The van der Waals surface area contributed by atoms with Crippen LogP contribution in [-0.2, 0) is 6.18 Å². The van der Waals surface area contributed by atoms with Gasteiger partial charge >= 0.3 is 6.18 Å². The lowest BCUT2D eigenvalue weighted by atomic mass is 10.1. The molecule has 1 aromatic heterocycles. The summed E-state index contributed by atoms with van der Waals surface area (Å²) < 4.78 is 40.1. The van der Waals surface area contributed by atoms with Crippen LogP contribution in [0.1, 0.15) is 29.0 Å². The Bertz CT molecular complexity index is 688. The number of benzene rings is 1. The standard InChI is InChI=1S/C14H10BrF3N2S/c1-8(12-4-5-13(15)21-12)20-11-3-2-9(7-19)6-10(11)14(16,17)18/h2-6,8,20H,1H3. The molecule has 0 saturated heterocycles. The highest BCUT2D eigenvalue weighted by Crippen LogP contribution is 2.37. The van der Waals surface area contributed by atoms with E-state index in [1.54, 1.807) is 13.0 Å². The van der Waals surface area contributed by atoms with Crippen molar-refractivity contribution in [3.05, 3.63) is 50.1 Å². The second kappa shape index (κ2) is 6.08. The number of nitriles is 1. The molecular weight excluding hydrogens is 365 g/mol. The normalized spacial score (nSPS) is 12.8. The molecule has 0 bridgehead atoms. The van der Waals surface area contributed by atoms with Crippen molar-refractivity contribution >= 4 is 33.0 Å². The third-order valence-electron chi connectivity index (χ3n) is 2.85. The topological polar surface area (TPSA) is 35.8 Å². The average Bonchev–Trinajstić information content (AvgIpc) is 2.84. The summed E-state index contributed by atoms with van der Waals surface area (Å²) in [5, 5.41) is 11.6. The fraction of sp³-hybridized carbons (Fsp3) is 0.214. The van der Waals surface area contributed by atoms with E-state index in [4.69, 9.17) is 5.26 Å². The van der Waals surface area contributed by atoms with Crippen LogP contribution in [0, 0.1) is 11.3 Å². The van der Waals surface area contributed by atoms with Gasteiger partial charge in [-0.25, -0.2) is 0 Å². The second-order valence-corrected chi connectivity index (χ2v) is 6.87. The zero-order chi connectivity index (χ0) is 15.6. The van der Waals surface area contributed by atoms with Crippen LogP contribution in [0.2, 0.25) is 0 Å². The van der Waals surface area contributed by atoms with Crippen molar-refractivity contribution in [2.24, 2.45) is 0 Å². The predicted octanol–water partition coefficient (Wildman–Crippen LogP) is 5.57. The molecule has 1 unspecified atom stereocenters. The molecule has 0 fully saturated rings. The first kappa shape index (κ1) is 15.9. The van der Waals surface area contributed by atoms with Crippen molar-refractivity contribution in [3.8, 4) is 6.07 Å². The molecule has 0 spiro atoms. The number of nitrogens with zero attached hydrogens (tertiary/aromatic N) is 1. The van der Waals surface area contributed by atoms with E-state index in [-0.39, 0.29) is 17.3 Å². The maximum atomic E-state index is 13.1. The molecule has 1 N–H and O–H groups in total.